The number of hydrogen-bond acceptors (Lipinski definition) is 4. The molecular formula is C49H37GeN3O. The second-order valence-electron chi connectivity index (χ2n) is 14.1. The van der Waals surface area contributed by atoms with Gasteiger partial charge in [-0.05, 0) is 18.6 Å². The first-order valence-corrected chi connectivity index (χ1v) is 22.7. The number of para-hydroxylation sites is 3. The Morgan fingerprint density at radius 1 is 0.500 bits per heavy atom. The van der Waals surface area contributed by atoms with Gasteiger partial charge in [-0.25, -0.2) is 0 Å². The molecule has 4 nitrogen and oxygen atoms in total. The minimum Gasteiger partial charge on any atom is -0.0587 e. The fraction of sp³-hybridized carbons (Fsp3) is 0.0408. The van der Waals surface area contributed by atoms with Gasteiger partial charge in [0.2, 0.25) is 0 Å². The zero-order chi connectivity index (χ0) is 36.1. The van der Waals surface area contributed by atoms with Gasteiger partial charge < -0.3 is 0 Å². The fourth-order valence-electron chi connectivity index (χ4n) is 8.52. The number of hydrogen-bond donors (Lipinski definition) is 0. The molecule has 2 aliphatic heterocycles. The summed E-state index contributed by atoms with van der Waals surface area (Å²) < 4.78 is 12.3. The number of fused-ring (bicyclic) bond motifs is 4. The van der Waals surface area contributed by atoms with Crippen LogP contribution in [0.4, 0.5) is 22.7 Å². The molecule has 5 heteroatoms. The summed E-state index contributed by atoms with van der Waals surface area (Å²) in [6.45, 7) is 2.81. The van der Waals surface area contributed by atoms with Crippen molar-refractivity contribution in [2.45, 2.75) is 6.92 Å². The SMILES string of the molecule is Cc1ccc(-c2ccccc2N2CN(c3cccc(Oc4cc[c]5c(c4)-c4nccc[c]4[Ge]5([c]4ccccc4)[c]4ccccc4)c3)c3ccccc32)cc1. The second kappa shape index (κ2) is 13.2. The van der Waals surface area contributed by atoms with Crippen LogP contribution in [-0.2, 0) is 0 Å². The molecule has 7 aromatic carbocycles. The molecule has 54 heavy (non-hydrogen) atoms. The zero-order valence-electron chi connectivity index (χ0n) is 29.9. The van der Waals surface area contributed by atoms with Crippen LogP contribution in [0.15, 0.2) is 194 Å². The Morgan fingerprint density at radius 2 is 1.15 bits per heavy atom. The molecule has 0 unspecified atom stereocenters. The predicted octanol–water partition coefficient (Wildman–Crippen LogP) is 9.45. The third kappa shape index (κ3) is 5.25. The van der Waals surface area contributed by atoms with E-state index < -0.39 is 13.3 Å². The molecule has 1 aromatic heterocycles. The maximum atomic E-state index is 6.74. The fourth-order valence-corrected chi connectivity index (χ4v) is 19.2. The van der Waals surface area contributed by atoms with Crippen molar-refractivity contribution in [3.05, 3.63) is 200 Å². The maximum absolute atomic E-state index is 6.74. The number of aryl methyl sites for hydroxylation is 1. The molecule has 8 aromatic rings. The number of rotatable bonds is 7. The molecule has 0 amide bonds. The first-order chi connectivity index (χ1) is 26.7. The van der Waals surface area contributed by atoms with Crippen molar-refractivity contribution < 1.29 is 4.74 Å². The molecule has 0 N–H and O–H groups in total. The van der Waals surface area contributed by atoms with Gasteiger partial charge in [0, 0.05) is 5.56 Å². The van der Waals surface area contributed by atoms with Crippen molar-refractivity contribution in [2.75, 3.05) is 16.5 Å². The van der Waals surface area contributed by atoms with E-state index in [9.17, 15) is 0 Å². The van der Waals surface area contributed by atoms with Gasteiger partial charge in [0.25, 0.3) is 0 Å². The maximum Gasteiger partial charge on any atom is -0.0540 e. The van der Waals surface area contributed by atoms with Gasteiger partial charge in [0.05, 0.1) is 0 Å². The summed E-state index contributed by atoms with van der Waals surface area (Å²) in [7, 11) is 0. The summed E-state index contributed by atoms with van der Waals surface area (Å²) in [6.07, 6.45) is 1.92. The number of nitrogens with zero attached hydrogens (tertiary/aromatic N) is 3. The number of ether oxygens (including phenoxy) is 1. The average molecular weight is 756 g/mol. The first kappa shape index (κ1) is 32.3. The van der Waals surface area contributed by atoms with E-state index in [0.29, 0.717) is 6.67 Å². The number of benzene rings is 7. The molecule has 0 aliphatic carbocycles. The predicted molar refractivity (Wildman–Crippen MR) is 226 cm³/mol. The molecule has 258 valence electrons. The normalized spacial score (nSPS) is 13.6. The van der Waals surface area contributed by atoms with E-state index in [2.05, 4.69) is 199 Å². The summed E-state index contributed by atoms with van der Waals surface area (Å²) in [5.74, 6) is 1.60. The molecule has 0 saturated carbocycles. The topological polar surface area (TPSA) is 28.6 Å². The van der Waals surface area contributed by atoms with Gasteiger partial charge in [-0.3, -0.25) is 0 Å². The van der Waals surface area contributed by atoms with Crippen molar-refractivity contribution in [3.8, 4) is 33.9 Å². The summed E-state index contributed by atoms with van der Waals surface area (Å²) in [5.41, 5.74) is 10.5. The van der Waals surface area contributed by atoms with Crippen LogP contribution in [0.25, 0.3) is 22.4 Å². The molecule has 10 rings (SSSR count). The van der Waals surface area contributed by atoms with Crippen molar-refractivity contribution in [1.29, 1.82) is 0 Å². The minimum absolute atomic E-state index is 0.681. The molecule has 0 spiro atoms. The molecular weight excluding hydrogens is 719 g/mol. The van der Waals surface area contributed by atoms with Crippen LogP contribution in [0.2, 0.25) is 0 Å². The smallest absolute Gasteiger partial charge is 0.0540 e. The molecule has 0 radical (unpaired) electrons. The van der Waals surface area contributed by atoms with E-state index >= 15 is 0 Å². The van der Waals surface area contributed by atoms with Gasteiger partial charge in [0.15, 0.2) is 0 Å². The summed E-state index contributed by atoms with van der Waals surface area (Å²) >= 11 is -3.33. The van der Waals surface area contributed by atoms with Crippen molar-refractivity contribution in [3.63, 3.8) is 0 Å². The van der Waals surface area contributed by atoms with E-state index in [4.69, 9.17) is 9.72 Å². The van der Waals surface area contributed by atoms with E-state index in [1.54, 1.807) is 0 Å². The van der Waals surface area contributed by atoms with Gasteiger partial charge in [-0.1, -0.05) is 54.1 Å². The Kier molecular flexibility index (Phi) is 7.92. The Labute approximate surface area is 319 Å². The van der Waals surface area contributed by atoms with Crippen molar-refractivity contribution >= 4 is 53.6 Å². The van der Waals surface area contributed by atoms with Crippen LogP contribution in [0.5, 0.6) is 11.5 Å². The van der Waals surface area contributed by atoms with Gasteiger partial charge >= 0.3 is 242 Å². The van der Waals surface area contributed by atoms with Crippen LogP contribution < -0.4 is 32.1 Å². The Hall–Kier alpha value is -6.37. The van der Waals surface area contributed by atoms with Crippen LogP contribution in [-0.4, -0.2) is 24.9 Å². The van der Waals surface area contributed by atoms with Crippen molar-refractivity contribution in [2.24, 2.45) is 0 Å². The van der Waals surface area contributed by atoms with Gasteiger partial charge in [-0.15, -0.1) is 0 Å². The number of aromatic nitrogens is 1. The Morgan fingerprint density at radius 3 is 1.89 bits per heavy atom. The zero-order valence-corrected chi connectivity index (χ0v) is 32.0. The van der Waals surface area contributed by atoms with E-state index in [-0.39, 0.29) is 0 Å². The Bertz CT molecular complexity index is 2600. The summed E-state index contributed by atoms with van der Waals surface area (Å²) in [4.78, 5) is 9.81. The molecule has 0 saturated heterocycles. The Balaban J connectivity index is 1.01. The monoisotopic (exact) mass is 757 g/mol. The molecule has 0 atom stereocenters. The first-order valence-electron chi connectivity index (χ1n) is 18.5. The standard InChI is InChI=1S/C49H37GeN3O/c1-35-25-27-36(28-26-35)42-20-8-9-22-46(42)53-34-52(47-23-10-11-24-48(47)53)39-18-12-19-40(32-39)54-41-29-30-44-43(33-41)49-45(21-13-31-51-49)50(44,37-14-4-2-5-15-37)38-16-6-3-7-17-38/h2-33H,34H2,1H3. The molecule has 3 heterocycles. The third-order valence-corrected chi connectivity index (χ3v) is 21.1. The van der Waals surface area contributed by atoms with Crippen LogP contribution in [0.3, 0.4) is 0 Å². The van der Waals surface area contributed by atoms with Crippen LogP contribution in [0.1, 0.15) is 5.56 Å². The van der Waals surface area contributed by atoms with E-state index in [1.807, 2.05) is 12.3 Å². The quantitative estimate of drug-likeness (QED) is 0.152. The van der Waals surface area contributed by atoms with Gasteiger partial charge in [-0.2, -0.15) is 0 Å². The van der Waals surface area contributed by atoms with Crippen LogP contribution in [0, 0.1) is 6.92 Å². The van der Waals surface area contributed by atoms with E-state index in [0.717, 1.165) is 22.9 Å². The summed E-state index contributed by atoms with van der Waals surface area (Å²) in [5, 5.41) is 0. The molecule has 0 fully saturated rings. The van der Waals surface area contributed by atoms with E-state index in [1.165, 1.54) is 56.9 Å². The minimum atomic E-state index is -3.33. The average Bonchev–Trinajstić information content (AvgIpc) is 3.76. The van der Waals surface area contributed by atoms with Crippen molar-refractivity contribution in [1.82, 2.24) is 4.98 Å². The second-order valence-corrected chi connectivity index (χ2v) is 21.9. The van der Waals surface area contributed by atoms with Gasteiger partial charge in [0.1, 0.15) is 0 Å². The molecule has 0 bridgehead atoms. The largest absolute Gasteiger partial charge is 0.0587 e. The number of pyridine rings is 1. The third-order valence-electron chi connectivity index (χ3n) is 10.9. The molecule has 2 aliphatic rings. The van der Waals surface area contributed by atoms with Crippen LogP contribution >= 0.6 is 0 Å². The summed E-state index contributed by atoms with van der Waals surface area (Å²) in [6, 6.07) is 67.9. The number of anilines is 4.